The molecule has 0 heterocycles. The third-order valence-corrected chi connectivity index (χ3v) is 8.11. The Morgan fingerprint density at radius 2 is 1.51 bits per heavy atom. The molecule has 51 heavy (non-hydrogen) atoms. The molecule has 0 bridgehead atoms. The maximum atomic E-state index is 13.5. The monoisotopic (exact) mass is 691 g/mol. The minimum absolute atomic E-state index is 0.0773. The number of ether oxygens (including phenoxy) is 2. The summed E-state index contributed by atoms with van der Waals surface area (Å²) in [5.41, 5.74) is 2.43. The number of anilines is 1. The molecule has 266 valence electrons. The summed E-state index contributed by atoms with van der Waals surface area (Å²) in [5, 5.41) is 20.2. The Kier molecular flexibility index (Phi) is 15.0. The molecule has 3 atom stereocenters. The molecule has 3 amide bonds. The first-order chi connectivity index (χ1) is 24.8. The Hall–Kier alpha value is -5.74. The van der Waals surface area contributed by atoms with Crippen LogP contribution in [0.1, 0.15) is 36.8 Å². The van der Waals surface area contributed by atoms with Crippen molar-refractivity contribution in [3.63, 3.8) is 0 Å². The Morgan fingerprint density at radius 3 is 2.22 bits per heavy atom. The zero-order valence-corrected chi connectivity index (χ0v) is 28.6. The SMILES string of the molecule is C=CCCC(=O)OC[C@H](NC(=O)[C@@H](CC=C)CC(=O)N[C@H](CO)Cc1ccc(OCc2ccccc2)cc1)C(=O)Nc1ccc2ccccc2c1. The van der Waals surface area contributed by atoms with Crippen molar-refractivity contribution >= 4 is 40.2 Å². The van der Waals surface area contributed by atoms with Crippen LogP contribution < -0.4 is 20.7 Å². The van der Waals surface area contributed by atoms with Gasteiger partial charge < -0.3 is 30.5 Å². The second-order valence-corrected chi connectivity index (χ2v) is 12.1. The number of carbonyl (C=O) groups excluding carboxylic acids is 4. The standard InChI is InChI=1S/C41H45N3O7/c1-3-5-16-39(47)51-28-37(41(49)43-34-20-19-31-14-9-10-15-32(31)24-34)44-40(48)33(11-4-2)25-38(46)42-35(26-45)23-29-17-21-36(22-18-29)50-27-30-12-7-6-8-13-30/h3-4,6-10,12-15,17-22,24,33,35,37,45H,1-2,5,11,16,23,25-28H2,(H,42,46)(H,43,49)(H,44,48)/t33-,35-,37-/m0/s1. The van der Waals surface area contributed by atoms with Crippen LogP contribution in [0.15, 0.2) is 122 Å². The summed E-state index contributed by atoms with van der Waals surface area (Å²) in [6.07, 6.45) is 3.85. The number of aliphatic hydroxyl groups excluding tert-OH is 1. The van der Waals surface area contributed by atoms with Gasteiger partial charge >= 0.3 is 5.97 Å². The van der Waals surface area contributed by atoms with Crippen LogP contribution in [0.3, 0.4) is 0 Å². The van der Waals surface area contributed by atoms with E-state index in [0.717, 1.165) is 21.9 Å². The van der Waals surface area contributed by atoms with Crippen molar-refractivity contribution in [1.29, 1.82) is 0 Å². The van der Waals surface area contributed by atoms with Crippen LogP contribution in [0.25, 0.3) is 10.8 Å². The molecule has 10 nitrogen and oxygen atoms in total. The van der Waals surface area contributed by atoms with E-state index in [1.807, 2.05) is 84.9 Å². The molecule has 10 heteroatoms. The normalized spacial score (nSPS) is 12.5. The van der Waals surface area contributed by atoms with Gasteiger partial charge in [-0.3, -0.25) is 19.2 Å². The van der Waals surface area contributed by atoms with Crippen molar-refractivity contribution in [3.05, 3.63) is 133 Å². The predicted octanol–water partition coefficient (Wildman–Crippen LogP) is 5.65. The van der Waals surface area contributed by atoms with Gasteiger partial charge in [-0.25, -0.2) is 0 Å². The summed E-state index contributed by atoms with van der Waals surface area (Å²) >= 11 is 0. The number of amides is 3. The zero-order valence-electron chi connectivity index (χ0n) is 28.6. The molecule has 0 aliphatic carbocycles. The maximum absolute atomic E-state index is 13.5. The highest BCUT2D eigenvalue weighted by Crippen LogP contribution is 2.20. The van der Waals surface area contributed by atoms with Gasteiger partial charge in [0, 0.05) is 18.5 Å². The van der Waals surface area contributed by atoms with Gasteiger partial charge in [0.1, 0.15) is 25.0 Å². The van der Waals surface area contributed by atoms with Gasteiger partial charge in [-0.15, -0.1) is 13.2 Å². The number of fused-ring (bicyclic) bond motifs is 1. The van der Waals surface area contributed by atoms with Crippen molar-refractivity contribution in [3.8, 4) is 5.75 Å². The minimum Gasteiger partial charge on any atom is -0.489 e. The lowest BCUT2D eigenvalue weighted by atomic mass is 9.98. The highest BCUT2D eigenvalue weighted by Gasteiger charge is 2.28. The number of allylic oxidation sites excluding steroid dienone is 2. The van der Waals surface area contributed by atoms with Gasteiger partial charge in [-0.2, -0.15) is 0 Å². The Balaban J connectivity index is 1.35. The first-order valence-electron chi connectivity index (χ1n) is 16.9. The first kappa shape index (κ1) is 38.1. The lowest BCUT2D eigenvalue weighted by molar-refractivity contribution is -0.146. The summed E-state index contributed by atoms with van der Waals surface area (Å²) < 4.78 is 11.2. The number of nitrogens with one attached hydrogen (secondary N) is 3. The fraction of sp³-hybridized carbons (Fsp3) is 0.268. The number of hydrogen-bond acceptors (Lipinski definition) is 7. The second-order valence-electron chi connectivity index (χ2n) is 12.1. The van der Waals surface area contributed by atoms with Crippen molar-refractivity contribution in [2.75, 3.05) is 18.5 Å². The van der Waals surface area contributed by atoms with Crippen LogP contribution in [-0.4, -0.2) is 54.1 Å². The molecule has 4 aromatic rings. The molecular weight excluding hydrogens is 646 g/mol. The Labute approximate surface area is 298 Å². The molecule has 4 N–H and O–H groups in total. The molecule has 0 saturated heterocycles. The third kappa shape index (κ3) is 12.6. The van der Waals surface area contributed by atoms with E-state index < -0.39 is 48.3 Å². The third-order valence-electron chi connectivity index (χ3n) is 8.11. The second kappa shape index (κ2) is 20.1. The van der Waals surface area contributed by atoms with Crippen LogP contribution in [-0.2, 0) is 36.9 Å². The van der Waals surface area contributed by atoms with E-state index in [-0.39, 0.29) is 25.9 Å². The number of esters is 1. The molecule has 0 fully saturated rings. The number of hydrogen-bond donors (Lipinski definition) is 4. The molecule has 0 radical (unpaired) electrons. The molecule has 4 aromatic carbocycles. The largest absolute Gasteiger partial charge is 0.489 e. The van der Waals surface area contributed by atoms with Crippen LogP contribution in [0.2, 0.25) is 0 Å². The summed E-state index contributed by atoms with van der Waals surface area (Å²) in [6.45, 7) is 7.04. The minimum atomic E-state index is -1.24. The van der Waals surface area contributed by atoms with E-state index in [1.165, 1.54) is 6.08 Å². The molecule has 0 unspecified atom stereocenters. The van der Waals surface area contributed by atoms with Gasteiger partial charge in [0.15, 0.2) is 0 Å². The first-order valence-corrected chi connectivity index (χ1v) is 16.9. The van der Waals surface area contributed by atoms with E-state index >= 15 is 0 Å². The van der Waals surface area contributed by atoms with Crippen LogP contribution >= 0.6 is 0 Å². The molecular formula is C41H45N3O7. The predicted molar refractivity (Wildman–Crippen MR) is 198 cm³/mol. The van der Waals surface area contributed by atoms with Crippen LogP contribution in [0.4, 0.5) is 5.69 Å². The molecule has 0 spiro atoms. The topological polar surface area (TPSA) is 143 Å². The van der Waals surface area contributed by atoms with Gasteiger partial charge in [0.2, 0.25) is 11.8 Å². The molecule has 4 rings (SSSR count). The summed E-state index contributed by atoms with van der Waals surface area (Å²) in [7, 11) is 0. The molecule has 0 aliphatic heterocycles. The maximum Gasteiger partial charge on any atom is 0.306 e. The van der Waals surface area contributed by atoms with Crippen LogP contribution in [0, 0.1) is 5.92 Å². The van der Waals surface area contributed by atoms with Gasteiger partial charge in [0.25, 0.3) is 5.91 Å². The average molecular weight is 692 g/mol. The number of aliphatic hydroxyl groups is 1. The van der Waals surface area contributed by atoms with E-state index in [0.29, 0.717) is 30.9 Å². The zero-order chi connectivity index (χ0) is 36.4. The molecule has 0 saturated carbocycles. The highest BCUT2D eigenvalue weighted by molar-refractivity contribution is 5.99. The fourth-order valence-electron chi connectivity index (χ4n) is 5.34. The van der Waals surface area contributed by atoms with E-state index in [9.17, 15) is 24.3 Å². The van der Waals surface area contributed by atoms with Gasteiger partial charge in [-0.05, 0) is 65.4 Å². The van der Waals surface area contributed by atoms with E-state index in [2.05, 4.69) is 29.1 Å². The number of benzene rings is 4. The van der Waals surface area contributed by atoms with Crippen molar-refractivity contribution in [2.45, 2.75) is 50.8 Å². The van der Waals surface area contributed by atoms with Crippen molar-refractivity contribution < 1.29 is 33.8 Å². The summed E-state index contributed by atoms with van der Waals surface area (Å²) in [4.78, 5) is 52.3. The number of carbonyl (C=O) groups is 4. The molecule has 0 aliphatic rings. The number of rotatable bonds is 20. The van der Waals surface area contributed by atoms with Crippen molar-refractivity contribution in [2.24, 2.45) is 5.92 Å². The van der Waals surface area contributed by atoms with E-state index in [4.69, 9.17) is 9.47 Å². The van der Waals surface area contributed by atoms with Gasteiger partial charge in [-0.1, -0.05) is 84.9 Å². The smallest absolute Gasteiger partial charge is 0.306 e. The highest BCUT2D eigenvalue weighted by atomic mass is 16.5. The Morgan fingerprint density at radius 1 is 0.784 bits per heavy atom. The van der Waals surface area contributed by atoms with Gasteiger partial charge in [0.05, 0.1) is 18.6 Å². The van der Waals surface area contributed by atoms with Crippen molar-refractivity contribution in [1.82, 2.24) is 10.6 Å². The lowest BCUT2D eigenvalue weighted by Crippen LogP contribution is -2.49. The summed E-state index contributed by atoms with van der Waals surface area (Å²) in [5.74, 6) is -2.35. The van der Waals surface area contributed by atoms with Crippen LogP contribution in [0.5, 0.6) is 5.75 Å². The fourth-order valence-corrected chi connectivity index (χ4v) is 5.34. The lowest BCUT2D eigenvalue weighted by Gasteiger charge is -2.23. The summed E-state index contributed by atoms with van der Waals surface area (Å²) in [6, 6.07) is 28.5. The van der Waals surface area contributed by atoms with E-state index in [1.54, 1.807) is 18.2 Å². The quantitative estimate of drug-likeness (QED) is 0.0693. The molecule has 0 aromatic heterocycles. The Bertz CT molecular complexity index is 1780. The average Bonchev–Trinajstić information content (AvgIpc) is 3.15.